The van der Waals surface area contributed by atoms with Crippen LogP contribution >= 0.6 is 0 Å². The average molecular weight is 151 g/mol. The van der Waals surface area contributed by atoms with Crippen molar-refractivity contribution in [2.75, 3.05) is 26.4 Å². The first-order valence-corrected chi connectivity index (χ1v) is 4.15. The Morgan fingerprint density at radius 2 is 0.818 bits per heavy atom. The Balaban J connectivity index is 0.000000167. The van der Waals surface area contributed by atoms with Gasteiger partial charge in [-0.15, -0.1) is 0 Å². The van der Waals surface area contributed by atoms with Crippen LogP contribution in [0, 0.1) is 0 Å². The summed E-state index contributed by atoms with van der Waals surface area (Å²) in [6.45, 7) is 4.00. The third-order valence-corrected chi connectivity index (χ3v) is 1.65. The van der Waals surface area contributed by atoms with Crippen molar-refractivity contribution in [1.29, 1.82) is 0 Å². The molecule has 0 saturated carbocycles. The molecule has 11 heavy (non-hydrogen) atoms. The Morgan fingerprint density at radius 1 is 0.545 bits per heavy atom. The smallest absolute Gasteiger partial charge is 0.0466 e. The maximum Gasteiger partial charge on any atom is 0.0466 e. The number of hydrogen-bond acceptors (Lipinski definition) is 2. The molecule has 0 unspecified atom stereocenters. The van der Waals surface area contributed by atoms with Crippen molar-refractivity contribution >= 4 is 18.9 Å². The Bertz CT molecular complexity index is 45.3. The predicted molar refractivity (Wildman–Crippen MR) is 45.9 cm³/mol. The molecule has 0 aromatic carbocycles. The summed E-state index contributed by atoms with van der Waals surface area (Å²) in [4.78, 5) is 0. The predicted octanol–water partition coefficient (Wildman–Crippen LogP) is 1.21. The van der Waals surface area contributed by atoms with Crippen LogP contribution in [-0.4, -0.2) is 45.3 Å². The molecule has 61 valence electrons. The molecule has 2 fully saturated rings. The van der Waals surface area contributed by atoms with E-state index in [2.05, 4.69) is 0 Å². The van der Waals surface area contributed by atoms with Crippen LogP contribution in [0.4, 0.5) is 0 Å². The van der Waals surface area contributed by atoms with Crippen molar-refractivity contribution in [3.63, 3.8) is 0 Å². The molecule has 0 spiro atoms. The van der Waals surface area contributed by atoms with E-state index in [4.69, 9.17) is 9.47 Å². The van der Waals surface area contributed by atoms with Gasteiger partial charge in [0, 0.05) is 45.3 Å². The van der Waals surface area contributed by atoms with E-state index in [9.17, 15) is 0 Å². The van der Waals surface area contributed by atoms with Crippen LogP contribution in [0.15, 0.2) is 0 Å². The first kappa shape index (κ1) is 11.5. The number of hydrogen-bond donors (Lipinski definition) is 0. The molecule has 0 bridgehead atoms. The zero-order chi connectivity index (χ0) is 7.07. The van der Waals surface area contributed by atoms with Crippen LogP contribution in [0.2, 0.25) is 0 Å². The molecule has 2 rings (SSSR count). The van der Waals surface area contributed by atoms with Crippen molar-refractivity contribution in [3.8, 4) is 0 Å². The molecule has 0 atom stereocenters. The number of ether oxygens (including phenoxy) is 2. The van der Waals surface area contributed by atoms with Gasteiger partial charge in [0.25, 0.3) is 0 Å². The van der Waals surface area contributed by atoms with Gasteiger partial charge in [-0.05, 0) is 25.7 Å². The fourth-order valence-electron chi connectivity index (χ4n) is 1.02. The molecular weight excluding hydrogens is 135 g/mol. The van der Waals surface area contributed by atoms with Crippen molar-refractivity contribution in [2.24, 2.45) is 0 Å². The van der Waals surface area contributed by atoms with Gasteiger partial charge in [0.1, 0.15) is 0 Å². The fraction of sp³-hybridized carbons (Fsp3) is 1.00. The van der Waals surface area contributed by atoms with Crippen LogP contribution < -0.4 is 0 Å². The summed E-state index contributed by atoms with van der Waals surface area (Å²) in [6, 6.07) is 0. The average Bonchev–Trinajstić information content (AvgIpc) is 2.67. The summed E-state index contributed by atoms with van der Waals surface area (Å²) in [5, 5.41) is 0. The Hall–Kier alpha value is 0.517. The Labute approximate surface area is 80.8 Å². The zero-order valence-electron chi connectivity index (χ0n) is 7.47. The molecule has 0 N–H and O–H groups in total. The van der Waals surface area contributed by atoms with Crippen molar-refractivity contribution < 1.29 is 9.47 Å². The van der Waals surface area contributed by atoms with E-state index in [1.165, 1.54) is 25.7 Å². The van der Waals surface area contributed by atoms with E-state index >= 15 is 0 Å². The topological polar surface area (TPSA) is 18.5 Å². The van der Waals surface area contributed by atoms with Crippen LogP contribution in [0.5, 0.6) is 0 Å². The monoisotopic (exact) mass is 151 g/mol. The minimum Gasteiger partial charge on any atom is -0.381 e. The molecule has 3 heteroatoms. The molecule has 2 saturated heterocycles. The second-order valence-electron chi connectivity index (χ2n) is 2.64. The zero-order valence-corrected chi connectivity index (χ0v) is 7.47. The first-order chi connectivity index (χ1) is 5.00. The largest absolute Gasteiger partial charge is 0.381 e. The SMILES string of the molecule is C1CCOC1.C1CCOC1.[Li]. The molecular formula is C8H16LiO2. The minimum absolute atomic E-state index is 0. The van der Waals surface area contributed by atoms with E-state index in [1.54, 1.807) is 0 Å². The van der Waals surface area contributed by atoms with Gasteiger partial charge in [-0.1, -0.05) is 0 Å². The molecule has 0 aromatic heterocycles. The minimum atomic E-state index is 0. The fourth-order valence-corrected chi connectivity index (χ4v) is 1.02. The van der Waals surface area contributed by atoms with E-state index in [0.717, 1.165) is 26.4 Å². The molecule has 2 aliphatic heterocycles. The van der Waals surface area contributed by atoms with Gasteiger partial charge in [0.2, 0.25) is 0 Å². The molecule has 1 radical (unpaired) electrons. The molecule has 2 heterocycles. The maximum absolute atomic E-state index is 4.94. The Morgan fingerprint density at radius 3 is 0.909 bits per heavy atom. The van der Waals surface area contributed by atoms with Gasteiger partial charge >= 0.3 is 0 Å². The van der Waals surface area contributed by atoms with Crippen molar-refractivity contribution in [2.45, 2.75) is 25.7 Å². The van der Waals surface area contributed by atoms with Crippen LogP contribution in [0.25, 0.3) is 0 Å². The van der Waals surface area contributed by atoms with Crippen molar-refractivity contribution in [3.05, 3.63) is 0 Å². The van der Waals surface area contributed by atoms with E-state index in [0.29, 0.717) is 0 Å². The van der Waals surface area contributed by atoms with Gasteiger partial charge in [0.05, 0.1) is 0 Å². The third-order valence-electron chi connectivity index (χ3n) is 1.65. The van der Waals surface area contributed by atoms with Crippen LogP contribution in [0.3, 0.4) is 0 Å². The molecule has 2 nitrogen and oxygen atoms in total. The van der Waals surface area contributed by atoms with Crippen LogP contribution in [-0.2, 0) is 9.47 Å². The maximum atomic E-state index is 4.94. The van der Waals surface area contributed by atoms with Gasteiger partial charge in [-0.25, -0.2) is 0 Å². The molecule has 0 aromatic rings. The molecule has 2 aliphatic rings. The number of rotatable bonds is 0. The summed E-state index contributed by atoms with van der Waals surface area (Å²) in [7, 11) is 0. The standard InChI is InChI=1S/2C4H8O.Li/c2*1-2-4-5-3-1;/h2*1-4H2;. The van der Waals surface area contributed by atoms with Gasteiger partial charge in [-0.3, -0.25) is 0 Å². The Kier molecular flexibility index (Phi) is 9.02. The van der Waals surface area contributed by atoms with Crippen LogP contribution in [0.1, 0.15) is 25.7 Å². The molecule has 0 amide bonds. The third kappa shape index (κ3) is 6.90. The van der Waals surface area contributed by atoms with E-state index in [-0.39, 0.29) is 18.9 Å². The van der Waals surface area contributed by atoms with Gasteiger partial charge < -0.3 is 9.47 Å². The summed E-state index contributed by atoms with van der Waals surface area (Å²) in [6.07, 6.45) is 5.11. The normalized spacial score (nSPS) is 21.8. The van der Waals surface area contributed by atoms with E-state index < -0.39 is 0 Å². The summed E-state index contributed by atoms with van der Waals surface area (Å²) < 4.78 is 9.89. The van der Waals surface area contributed by atoms with Gasteiger partial charge in [0.15, 0.2) is 0 Å². The summed E-state index contributed by atoms with van der Waals surface area (Å²) in [5.74, 6) is 0. The first-order valence-electron chi connectivity index (χ1n) is 4.15. The van der Waals surface area contributed by atoms with Gasteiger partial charge in [-0.2, -0.15) is 0 Å². The van der Waals surface area contributed by atoms with E-state index in [1.807, 2.05) is 0 Å². The quantitative estimate of drug-likeness (QED) is 0.484. The summed E-state index contributed by atoms with van der Waals surface area (Å²) >= 11 is 0. The molecule has 0 aliphatic carbocycles. The second-order valence-corrected chi connectivity index (χ2v) is 2.64. The van der Waals surface area contributed by atoms with Crippen molar-refractivity contribution in [1.82, 2.24) is 0 Å². The summed E-state index contributed by atoms with van der Waals surface area (Å²) in [5.41, 5.74) is 0. The second kappa shape index (κ2) is 8.61.